The van der Waals surface area contributed by atoms with Crippen LogP contribution >= 0.6 is 27.5 Å². The van der Waals surface area contributed by atoms with Gasteiger partial charge in [0.25, 0.3) is 0 Å². The zero-order chi connectivity index (χ0) is 15.4. The number of esters is 1. The predicted octanol–water partition coefficient (Wildman–Crippen LogP) is 3.22. The Balaban J connectivity index is 1.91. The van der Waals surface area contributed by atoms with Crippen molar-refractivity contribution in [3.63, 3.8) is 0 Å². The summed E-state index contributed by atoms with van der Waals surface area (Å²) < 4.78 is 5.90. The summed E-state index contributed by atoms with van der Waals surface area (Å²) >= 11 is 9.46. The average molecular weight is 381 g/mol. The molecule has 2 heterocycles. The molecule has 0 fully saturated rings. The first-order valence-electron chi connectivity index (χ1n) is 6.94. The SMILES string of the molecule is O=C1CCC2=C1C(c1ccc(Cl)c(Br)c1)C1=C(COC1=O)N2. The Kier molecular flexibility index (Phi) is 3.16. The largest absolute Gasteiger partial charge is 0.456 e. The van der Waals surface area contributed by atoms with Gasteiger partial charge in [-0.3, -0.25) is 4.79 Å². The second kappa shape index (κ2) is 4.96. The molecule has 0 radical (unpaired) electrons. The van der Waals surface area contributed by atoms with Gasteiger partial charge >= 0.3 is 5.97 Å². The van der Waals surface area contributed by atoms with Crippen LogP contribution < -0.4 is 5.32 Å². The molecule has 1 aromatic carbocycles. The van der Waals surface area contributed by atoms with E-state index in [1.807, 2.05) is 12.1 Å². The Hall–Kier alpha value is -1.59. The topological polar surface area (TPSA) is 55.4 Å². The van der Waals surface area contributed by atoms with Crippen LogP contribution in [0.2, 0.25) is 5.02 Å². The summed E-state index contributed by atoms with van der Waals surface area (Å²) in [6.45, 7) is 0.240. The van der Waals surface area contributed by atoms with Crippen molar-refractivity contribution < 1.29 is 14.3 Å². The van der Waals surface area contributed by atoms with E-state index >= 15 is 0 Å². The highest BCUT2D eigenvalue weighted by molar-refractivity contribution is 9.10. The van der Waals surface area contributed by atoms with E-state index in [9.17, 15) is 9.59 Å². The van der Waals surface area contributed by atoms with Gasteiger partial charge in [-0.05, 0) is 40.0 Å². The van der Waals surface area contributed by atoms with Crippen molar-refractivity contribution in [2.45, 2.75) is 18.8 Å². The maximum absolute atomic E-state index is 12.3. The normalized spacial score (nSPS) is 23.5. The number of hydrogen-bond acceptors (Lipinski definition) is 4. The van der Waals surface area contributed by atoms with Gasteiger partial charge in [0, 0.05) is 28.1 Å². The minimum atomic E-state index is -0.371. The summed E-state index contributed by atoms with van der Waals surface area (Å²) in [5, 5.41) is 3.81. The highest BCUT2D eigenvalue weighted by Crippen LogP contribution is 2.45. The number of allylic oxidation sites excluding steroid dienone is 2. The van der Waals surface area contributed by atoms with Gasteiger partial charge in [0.15, 0.2) is 5.78 Å². The molecule has 1 atom stereocenters. The summed E-state index contributed by atoms with van der Waals surface area (Å²) in [6, 6.07) is 5.49. The van der Waals surface area contributed by atoms with E-state index in [-0.39, 0.29) is 24.3 Å². The number of benzene rings is 1. The number of halogens is 2. The highest BCUT2D eigenvalue weighted by Gasteiger charge is 2.43. The van der Waals surface area contributed by atoms with Crippen LogP contribution in [0.5, 0.6) is 0 Å². The lowest BCUT2D eigenvalue weighted by molar-refractivity contribution is -0.136. The Bertz CT molecular complexity index is 757. The third-order valence-electron chi connectivity index (χ3n) is 4.28. The molecule has 112 valence electrons. The predicted molar refractivity (Wildman–Crippen MR) is 84.3 cm³/mol. The number of carbonyl (C=O) groups excluding carboxylic acids is 2. The second-order valence-corrected chi connectivity index (χ2v) is 6.78. The molecule has 0 bridgehead atoms. The molecule has 1 aliphatic carbocycles. The molecule has 2 aliphatic heterocycles. The third-order valence-corrected chi connectivity index (χ3v) is 5.49. The molecule has 6 heteroatoms. The zero-order valence-corrected chi connectivity index (χ0v) is 13.8. The number of nitrogens with one attached hydrogen (secondary N) is 1. The number of ether oxygens (including phenoxy) is 1. The molecular formula is C16H11BrClNO3. The number of ketones is 1. The first-order valence-corrected chi connectivity index (χ1v) is 8.11. The van der Waals surface area contributed by atoms with Gasteiger partial charge < -0.3 is 10.1 Å². The van der Waals surface area contributed by atoms with Crippen LogP contribution in [0.25, 0.3) is 0 Å². The molecule has 4 nitrogen and oxygen atoms in total. The van der Waals surface area contributed by atoms with Crippen LogP contribution in [-0.4, -0.2) is 18.4 Å². The standard InChI is InChI=1S/C16H11BrClNO3/c17-8-5-7(1-2-9(8)18)13-14-10(3-4-12(14)20)19-11-6-22-16(21)15(11)13/h1-2,5,13,19H,3-4,6H2. The minimum absolute atomic E-state index is 0.0878. The molecule has 3 aliphatic rings. The number of hydrogen-bond donors (Lipinski definition) is 1. The monoisotopic (exact) mass is 379 g/mol. The summed E-state index contributed by atoms with van der Waals surface area (Å²) in [4.78, 5) is 24.5. The molecule has 1 aromatic rings. The number of cyclic esters (lactones) is 1. The second-order valence-electron chi connectivity index (χ2n) is 5.52. The summed E-state index contributed by atoms with van der Waals surface area (Å²) in [7, 11) is 0. The highest BCUT2D eigenvalue weighted by atomic mass is 79.9. The minimum Gasteiger partial charge on any atom is -0.456 e. The lowest BCUT2D eigenvalue weighted by Crippen LogP contribution is -2.26. The van der Waals surface area contributed by atoms with Crippen LogP contribution in [0.4, 0.5) is 0 Å². The van der Waals surface area contributed by atoms with Crippen molar-refractivity contribution in [2.24, 2.45) is 0 Å². The van der Waals surface area contributed by atoms with Crippen molar-refractivity contribution in [1.29, 1.82) is 0 Å². The molecule has 1 unspecified atom stereocenters. The smallest absolute Gasteiger partial charge is 0.337 e. The number of carbonyl (C=O) groups is 2. The molecule has 0 amide bonds. The van der Waals surface area contributed by atoms with E-state index in [4.69, 9.17) is 16.3 Å². The number of rotatable bonds is 1. The third kappa shape index (κ3) is 1.96. The molecule has 1 N–H and O–H groups in total. The Morgan fingerprint density at radius 1 is 1.18 bits per heavy atom. The van der Waals surface area contributed by atoms with Crippen LogP contribution in [0, 0.1) is 0 Å². The average Bonchev–Trinajstić information content (AvgIpc) is 3.05. The van der Waals surface area contributed by atoms with E-state index in [2.05, 4.69) is 21.2 Å². The van der Waals surface area contributed by atoms with E-state index in [1.54, 1.807) is 6.07 Å². The van der Waals surface area contributed by atoms with E-state index in [0.717, 1.165) is 21.4 Å². The van der Waals surface area contributed by atoms with Crippen molar-refractivity contribution in [3.05, 3.63) is 55.8 Å². The van der Waals surface area contributed by atoms with E-state index in [1.165, 1.54) is 0 Å². The molecular weight excluding hydrogens is 370 g/mol. The number of Topliss-reactive ketones (excluding diaryl/α,β-unsaturated/α-hetero) is 1. The molecule has 22 heavy (non-hydrogen) atoms. The summed E-state index contributed by atoms with van der Waals surface area (Å²) in [5.41, 5.74) is 3.79. The Labute approximate surface area is 140 Å². The summed E-state index contributed by atoms with van der Waals surface area (Å²) in [6.07, 6.45) is 1.17. The molecule has 0 saturated heterocycles. The van der Waals surface area contributed by atoms with Gasteiger partial charge in [0.2, 0.25) is 0 Å². The lowest BCUT2D eigenvalue weighted by Gasteiger charge is -2.26. The number of dihydropyridines is 1. The lowest BCUT2D eigenvalue weighted by atomic mass is 9.81. The van der Waals surface area contributed by atoms with Crippen molar-refractivity contribution in [3.8, 4) is 0 Å². The van der Waals surface area contributed by atoms with Gasteiger partial charge in [-0.1, -0.05) is 17.7 Å². The van der Waals surface area contributed by atoms with Crippen molar-refractivity contribution in [1.82, 2.24) is 5.32 Å². The van der Waals surface area contributed by atoms with Gasteiger partial charge in [-0.25, -0.2) is 4.79 Å². The fraction of sp³-hybridized carbons (Fsp3) is 0.250. The first kappa shape index (κ1) is 14.0. The molecule has 4 rings (SSSR count). The Morgan fingerprint density at radius 2 is 2.00 bits per heavy atom. The van der Waals surface area contributed by atoms with Crippen LogP contribution in [0.1, 0.15) is 24.3 Å². The van der Waals surface area contributed by atoms with Gasteiger partial charge in [-0.15, -0.1) is 0 Å². The maximum Gasteiger partial charge on any atom is 0.337 e. The van der Waals surface area contributed by atoms with Gasteiger partial charge in [0.1, 0.15) is 6.61 Å². The van der Waals surface area contributed by atoms with Crippen LogP contribution in [0.15, 0.2) is 45.2 Å². The van der Waals surface area contributed by atoms with Crippen molar-refractivity contribution >= 4 is 39.3 Å². The quantitative estimate of drug-likeness (QED) is 0.760. The first-order chi connectivity index (χ1) is 10.6. The summed E-state index contributed by atoms with van der Waals surface area (Å²) in [5.74, 6) is -0.639. The maximum atomic E-state index is 12.3. The van der Waals surface area contributed by atoms with Crippen molar-refractivity contribution in [2.75, 3.05) is 6.61 Å². The molecule has 0 saturated carbocycles. The van der Waals surface area contributed by atoms with E-state index in [0.29, 0.717) is 29.0 Å². The zero-order valence-electron chi connectivity index (χ0n) is 11.4. The van der Waals surface area contributed by atoms with Gasteiger partial charge in [-0.2, -0.15) is 0 Å². The van der Waals surface area contributed by atoms with Crippen LogP contribution in [-0.2, 0) is 14.3 Å². The van der Waals surface area contributed by atoms with Crippen LogP contribution in [0.3, 0.4) is 0 Å². The van der Waals surface area contributed by atoms with Gasteiger partial charge in [0.05, 0.1) is 16.3 Å². The van der Waals surface area contributed by atoms with E-state index < -0.39 is 0 Å². The Morgan fingerprint density at radius 3 is 2.77 bits per heavy atom. The fourth-order valence-corrected chi connectivity index (χ4v) is 3.82. The molecule has 0 aromatic heterocycles. The fourth-order valence-electron chi connectivity index (χ4n) is 3.30. The molecule has 0 spiro atoms.